The number of sulfone groups is 1. The van der Waals surface area contributed by atoms with E-state index in [1.807, 2.05) is 6.92 Å². The molecule has 0 aromatic heterocycles. The molecule has 4 nitrogen and oxygen atoms in total. The Morgan fingerprint density at radius 3 is 2.68 bits per heavy atom. The fourth-order valence-corrected chi connectivity index (χ4v) is 4.12. The van der Waals surface area contributed by atoms with E-state index in [-0.39, 0.29) is 17.5 Å². The van der Waals surface area contributed by atoms with E-state index in [2.05, 4.69) is 5.32 Å². The van der Waals surface area contributed by atoms with Gasteiger partial charge in [-0.15, -0.1) is 0 Å². The molecule has 106 valence electrons. The van der Waals surface area contributed by atoms with Crippen molar-refractivity contribution >= 4 is 9.84 Å². The van der Waals surface area contributed by atoms with Crippen molar-refractivity contribution in [1.29, 1.82) is 0 Å². The quantitative estimate of drug-likeness (QED) is 0.850. The number of nitrogens with one attached hydrogen (secondary N) is 1. The summed E-state index contributed by atoms with van der Waals surface area (Å²) < 4.78 is 43.3. The number of halogens is 1. The van der Waals surface area contributed by atoms with E-state index < -0.39 is 20.9 Å². The molecule has 0 amide bonds. The van der Waals surface area contributed by atoms with Crippen LogP contribution in [0.4, 0.5) is 4.39 Å². The number of hydrogen-bond donors (Lipinski definition) is 1. The smallest absolute Gasteiger partial charge is 0.185 e. The summed E-state index contributed by atoms with van der Waals surface area (Å²) in [6.45, 7) is 3.39. The Hall–Kier alpha value is -0.980. The minimum Gasteiger partial charge on any atom is -0.380 e. The Bertz CT molecular complexity index is 513. The predicted molar refractivity (Wildman–Crippen MR) is 70.3 cm³/mol. The van der Waals surface area contributed by atoms with Gasteiger partial charge in [-0.05, 0) is 37.2 Å². The first-order valence-electron chi connectivity index (χ1n) is 6.36. The van der Waals surface area contributed by atoms with Crippen LogP contribution >= 0.6 is 0 Å². The van der Waals surface area contributed by atoms with Gasteiger partial charge in [-0.25, -0.2) is 12.8 Å². The second-order valence-electron chi connectivity index (χ2n) is 4.57. The van der Waals surface area contributed by atoms with Crippen molar-refractivity contribution < 1.29 is 17.5 Å². The number of benzene rings is 1. The van der Waals surface area contributed by atoms with Crippen LogP contribution in [0.3, 0.4) is 0 Å². The molecule has 6 heteroatoms. The second-order valence-corrected chi connectivity index (χ2v) is 6.73. The molecule has 2 rings (SSSR count). The summed E-state index contributed by atoms with van der Waals surface area (Å²) in [7, 11) is -3.50. The van der Waals surface area contributed by atoms with Crippen LogP contribution < -0.4 is 5.32 Å². The second kappa shape index (κ2) is 5.98. The van der Waals surface area contributed by atoms with Crippen LogP contribution in [0.1, 0.15) is 13.3 Å². The molecule has 1 heterocycles. The molecule has 1 aliphatic heterocycles. The summed E-state index contributed by atoms with van der Waals surface area (Å²) in [5, 5.41) is 2.57. The Morgan fingerprint density at radius 1 is 1.37 bits per heavy atom. The molecule has 1 aliphatic rings. The average Bonchev–Trinajstić information content (AvgIpc) is 2.40. The van der Waals surface area contributed by atoms with Crippen LogP contribution in [-0.2, 0) is 14.6 Å². The average molecular weight is 287 g/mol. The third-order valence-electron chi connectivity index (χ3n) is 3.31. The van der Waals surface area contributed by atoms with Crippen molar-refractivity contribution in [1.82, 2.24) is 5.32 Å². The highest BCUT2D eigenvalue weighted by Crippen LogP contribution is 2.23. The molecule has 1 N–H and O–H groups in total. The van der Waals surface area contributed by atoms with E-state index in [1.54, 1.807) is 0 Å². The van der Waals surface area contributed by atoms with Crippen LogP contribution in [0.5, 0.6) is 0 Å². The van der Waals surface area contributed by atoms with E-state index in [1.165, 1.54) is 24.3 Å². The molecule has 0 radical (unpaired) electrons. The van der Waals surface area contributed by atoms with Gasteiger partial charge in [-0.2, -0.15) is 0 Å². The minimum absolute atomic E-state index is 0.117. The van der Waals surface area contributed by atoms with Gasteiger partial charge in [0.05, 0.1) is 11.5 Å². The molecular weight excluding hydrogens is 269 g/mol. The first-order chi connectivity index (χ1) is 9.05. The van der Waals surface area contributed by atoms with Gasteiger partial charge in [0.1, 0.15) is 11.1 Å². The predicted octanol–water partition coefficient (Wildman–Crippen LogP) is 1.37. The maximum absolute atomic E-state index is 12.9. The zero-order valence-electron chi connectivity index (χ0n) is 10.8. The number of hydrogen-bond acceptors (Lipinski definition) is 4. The van der Waals surface area contributed by atoms with Gasteiger partial charge >= 0.3 is 0 Å². The SMILES string of the molecule is CCNC1CCOCC1S(=O)(=O)c1ccc(F)cc1. The first kappa shape index (κ1) is 14.4. The molecule has 19 heavy (non-hydrogen) atoms. The molecule has 1 saturated heterocycles. The van der Waals surface area contributed by atoms with E-state index in [9.17, 15) is 12.8 Å². The van der Waals surface area contributed by atoms with E-state index >= 15 is 0 Å². The lowest BCUT2D eigenvalue weighted by molar-refractivity contribution is 0.0812. The standard InChI is InChI=1S/C13H18FNO3S/c1-2-15-12-7-8-18-9-13(12)19(16,17)11-5-3-10(14)4-6-11/h3-6,12-13,15H,2,7-9H2,1H3. The third-order valence-corrected chi connectivity index (χ3v) is 5.50. The zero-order valence-corrected chi connectivity index (χ0v) is 11.6. The van der Waals surface area contributed by atoms with Crippen molar-refractivity contribution in [3.8, 4) is 0 Å². The summed E-state index contributed by atoms with van der Waals surface area (Å²) in [6, 6.07) is 4.83. The molecular formula is C13H18FNO3S. The number of ether oxygens (including phenoxy) is 1. The molecule has 1 aromatic rings. The molecule has 0 aliphatic carbocycles. The number of rotatable bonds is 4. The lowest BCUT2D eigenvalue weighted by atomic mass is 10.1. The van der Waals surface area contributed by atoms with Crippen molar-refractivity contribution in [2.45, 2.75) is 29.5 Å². The largest absolute Gasteiger partial charge is 0.380 e. The Balaban J connectivity index is 2.28. The van der Waals surface area contributed by atoms with Crippen molar-refractivity contribution in [2.24, 2.45) is 0 Å². The summed E-state index contributed by atoms with van der Waals surface area (Å²) >= 11 is 0. The third kappa shape index (κ3) is 3.13. The lowest BCUT2D eigenvalue weighted by Gasteiger charge is -2.31. The van der Waals surface area contributed by atoms with Gasteiger partial charge in [-0.3, -0.25) is 0 Å². The van der Waals surface area contributed by atoms with Crippen LogP contribution in [0.15, 0.2) is 29.2 Å². The summed E-state index contributed by atoms with van der Waals surface area (Å²) in [5.74, 6) is -0.443. The topological polar surface area (TPSA) is 55.4 Å². The van der Waals surface area contributed by atoms with Gasteiger partial charge < -0.3 is 10.1 Å². The maximum atomic E-state index is 12.9. The van der Waals surface area contributed by atoms with Crippen LogP contribution in [-0.4, -0.2) is 39.5 Å². The van der Waals surface area contributed by atoms with E-state index in [4.69, 9.17) is 4.74 Å². The fraction of sp³-hybridized carbons (Fsp3) is 0.538. The summed E-state index contributed by atoms with van der Waals surface area (Å²) in [6.07, 6.45) is 0.666. The van der Waals surface area contributed by atoms with Crippen LogP contribution in [0.25, 0.3) is 0 Å². The molecule has 2 atom stereocenters. The lowest BCUT2D eigenvalue weighted by Crippen LogP contribution is -2.50. The van der Waals surface area contributed by atoms with E-state index in [0.717, 1.165) is 0 Å². The van der Waals surface area contributed by atoms with E-state index in [0.29, 0.717) is 19.6 Å². The Labute approximate surface area is 112 Å². The molecule has 0 spiro atoms. The van der Waals surface area contributed by atoms with Gasteiger partial charge in [0.15, 0.2) is 9.84 Å². The molecule has 1 aromatic carbocycles. The molecule has 2 unspecified atom stereocenters. The highest BCUT2D eigenvalue weighted by Gasteiger charge is 2.36. The highest BCUT2D eigenvalue weighted by atomic mass is 32.2. The van der Waals surface area contributed by atoms with Crippen LogP contribution in [0, 0.1) is 5.82 Å². The highest BCUT2D eigenvalue weighted by molar-refractivity contribution is 7.92. The minimum atomic E-state index is -3.50. The Morgan fingerprint density at radius 2 is 2.05 bits per heavy atom. The van der Waals surface area contributed by atoms with Crippen molar-refractivity contribution in [2.75, 3.05) is 19.8 Å². The maximum Gasteiger partial charge on any atom is 0.185 e. The molecule has 0 bridgehead atoms. The van der Waals surface area contributed by atoms with Crippen molar-refractivity contribution in [3.05, 3.63) is 30.1 Å². The zero-order chi connectivity index (χ0) is 13.9. The summed E-state index contributed by atoms with van der Waals surface area (Å²) in [5.41, 5.74) is 0. The van der Waals surface area contributed by atoms with Gasteiger partial charge in [0.25, 0.3) is 0 Å². The van der Waals surface area contributed by atoms with Gasteiger partial charge in [-0.1, -0.05) is 6.92 Å². The van der Waals surface area contributed by atoms with Gasteiger partial charge in [0.2, 0.25) is 0 Å². The van der Waals surface area contributed by atoms with Gasteiger partial charge in [0, 0.05) is 12.6 Å². The summed E-state index contributed by atoms with van der Waals surface area (Å²) in [4.78, 5) is 0.146. The fourth-order valence-electron chi connectivity index (χ4n) is 2.31. The Kier molecular flexibility index (Phi) is 4.54. The first-order valence-corrected chi connectivity index (χ1v) is 7.91. The molecule has 1 fully saturated rings. The van der Waals surface area contributed by atoms with Crippen LogP contribution in [0.2, 0.25) is 0 Å². The molecule has 0 saturated carbocycles. The normalized spacial score (nSPS) is 24.3. The van der Waals surface area contributed by atoms with Crippen molar-refractivity contribution in [3.63, 3.8) is 0 Å². The monoisotopic (exact) mass is 287 g/mol.